The van der Waals surface area contributed by atoms with Crippen LogP contribution in [-0.4, -0.2) is 34.1 Å². The quantitative estimate of drug-likeness (QED) is 0.142. The van der Waals surface area contributed by atoms with Gasteiger partial charge in [-0.05, 0) is 170 Å². The molecule has 0 bridgehead atoms. The van der Waals surface area contributed by atoms with Crippen molar-refractivity contribution in [2.24, 2.45) is 58.2 Å². The molecule has 0 radical (unpaired) electrons. The van der Waals surface area contributed by atoms with E-state index in [4.69, 9.17) is 32.7 Å². The Labute approximate surface area is 360 Å². The van der Waals surface area contributed by atoms with Crippen molar-refractivity contribution in [3.05, 3.63) is 62.6 Å². The highest BCUT2D eigenvalue weighted by atomic mass is 35.5. The van der Waals surface area contributed by atoms with Gasteiger partial charge in [-0.2, -0.15) is 0 Å². The lowest BCUT2D eigenvalue weighted by Gasteiger charge is -2.61. The molecule has 322 valence electrons. The molecular weight excluding hydrogens is 787 g/mol. The predicted octanol–water partition coefficient (Wildman–Crippen LogP) is 13.2. The van der Waals surface area contributed by atoms with Gasteiger partial charge in [0.1, 0.15) is 11.1 Å². The second-order valence-corrected chi connectivity index (χ2v) is 20.3. The molecule has 4 fully saturated rings. The fraction of sp³-hybridized carbons (Fsp3) is 0.633. The molecule has 0 amide bonds. The van der Waals surface area contributed by atoms with E-state index in [9.17, 15) is 29.4 Å². The molecule has 9 atom stereocenters. The van der Waals surface area contributed by atoms with Gasteiger partial charge in [-0.15, -0.1) is 0 Å². The van der Waals surface area contributed by atoms with Crippen molar-refractivity contribution in [2.75, 3.05) is 0 Å². The first kappa shape index (κ1) is 45.2. The molecule has 10 heteroatoms. The lowest BCUT2D eigenvalue weighted by Crippen LogP contribution is -2.53. The summed E-state index contributed by atoms with van der Waals surface area (Å²) in [6.45, 7) is 14.9. The van der Waals surface area contributed by atoms with Crippen LogP contribution in [0.1, 0.15) is 170 Å². The van der Waals surface area contributed by atoms with Gasteiger partial charge in [-0.3, -0.25) is 9.59 Å². The Hall–Kier alpha value is -3.36. The van der Waals surface area contributed by atoms with E-state index in [0.29, 0.717) is 45.8 Å². The average Bonchev–Trinajstić information content (AvgIpc) is 3.51. The number of ether oxygens (including phenoxy) is 2. The summed E-state index contributed by atoms with van der Waals surface area (Å²) in [5, 5.41) is 20.1. The number of hydrogen-bond acceptors (Lipinski definition) is 6. The number of allylic oxidation sites excluding steroid dienone is 1. The number of benzene rings is 2. The third-order valence-electron chi connectivity index (χ3n) is 15.6. The second kappa shape index (κ2) is 18.3. The van der Waals surface area contributed by atoms with Crippen molar-refractivity contribution >= 4 is 52.7 Å². The highest BCUT2D eigenvalue weighted by molar-refractivity contribution is 6.33. The van der Waals surface area contributed by atoms with E-state index in [1.54, 1.807) is 0 Å². The highest BCUT2D eigenvalue weighted by Gasteiger charge is 2.60. The Morgan fingerprint density at radius 3 is 1.86 bits per heavy atom. The summed E-state index contributed by atoms with van der Waals surface area (Å²) in [6, 6.07) is 5.75. The van der Waals surface area contributed by atoms with E-state index in [1.807, 2.05) is 6.08 Å². The topological polar surface area (TPSA) is 127 Å². The number of esters is 2. The van der Waals surface area contributed by atoms with Gasteiger partial charge in [0.05, 0.1) is 10.0 Å². The van der Waals surface area contributed by atoms with Gasteiger partial charge in [-0.25, -0.2) is 9.59 Å². The molecule has 8 nitrogen and oxygen atoms in total. The van der Waals surface area contributed by atoms with Gasteiger partial charge in [0.15, 0.2) is 11.5 Å². The summed E-state index contributed by atoms with van der Waals surface area (Å²) in [4.78, 5) is 48.5. The van der Waals surface area contributed by atoms with Gasteiger partial charge in [-0.1, -0.05) is 83.2 Å². The van der Waals surface area contributed by atoms with Gasteiger partial charge in [0.2, 0.25) is 0 Å². The van der Waals surface area contributed by atoms with Gasteiger partial charge < -0.3 is 19.7 Å². The molecule has 4 saturated carbocycles. The van der Waals surface area contributed by atoms with Crippen molar-refractivity contribution in [2.45, 2.75) is 138 Å². The zero-order valence-electron chi connectivity index (χ0n) is 36.0. The monoisotopic (exact) mass is 850 g/mol. The van der Waals surface area contributed by atoms with Gasteiger partial charge in [0, 0.05) is 13.8 Å². The fourth-order valence-corrected chi connectivity index (χ4v) is 13.3. The number of carboxylic acid groups (broad SMARTS) is 2. The van der Waals surface area contributed by atoms with Crippen LogP contribution in [0.25, 0.3) is 5.57 Å². The minimum absolute atomic E-state index is 0.0865. The lowest BCUT2D eigenvalue weighted by atomic mass is 9.44. The fourth-order valence-electron chi connectivity index (χ4n) is 12.8. The molecule has 2 N–H and O–H groups in total. The minimum Gasteiger partial charge on any atom is -0.478 e. The molecule has 4 aliphatic carbocycles. The molecule has 0 heterocycles. The summed E-state index contributed by atoms with van der Waals surface area (Å²) in [5.74, 6) is 1.48. The summed E-state index contributed by atoms with van der Waals surface area (Å²) in [6.07, 6.45) is 19.4. The van der Waals surface area contributed by atoms with Crippen molar-refractivity contribution in [1.82, 2.24) is 0 Å². The standard InChI is InChI=1S/C49H64Cl2O8/c1-27(2)10-8-11-28(3)39-16-17-40-36-15-14-34-22-31(18-20-48(34,6)41(36)19-21-49(39,40)7)12-9-13-35(32-23-37(46(54)55)44(42(50)25-32)58-29(4)52)33-24-38(47(56)57)45(43(51)26-33)59-30(5)53/h13,23-28,31,34,36,39-41H,8-12,14-22H2,1-7H3,(H,54,55)(H,56,57)/t28-,31+,34+,36+,39-,40+,41+,48+,49-/m1/s1. The normalized spacial score (nSPS) is 29.1. The molecule has 2 aromatic carbocycles. The van der Waals surface area contributed by atoms with Crippen molar-refractivity contribution in [1.29, 1.82) is 0 Å². The van der Waals surface area contributed by atoms with Crippen LogP contribution in [0.3, 0.4) is 0 Å². The Balaban J connectivity index is 1.22. The summed E-state index contributed by atoms with van der Waals surface area (Å²) in [5.41, 5.74) is 1.49. The van der Waals surface area contributed by atoms with Crippen LogP contribution in [0.5, 0.6) is 11.5 Å². The molecule has 4 aliphatic rings. The van der Waals surface area contributed by atoms with E-state index < -0.39 is 23.9 Å². The average molecular weight is 852 g/mol. The number of hydrogen-bond donors (Lipinski definition) is 2. The van der Waals surface area contributed by atoms with Crippen LogP contribution in [0.15, 0.2) is 30.3 Å². The molecule has 0 aromatic heterocycles. The Morgan fingerprint density at radius 2 is 1.32 bits per heavy atom. The number of carboxylic acids is 2. The third-order valence-corrected chi connectivity index (χ3v) is 16.1. The Kier molecular flexibility index (Phi) is 14.0. The maximum atomic E-state index is 12.4. The largest absolute Gasteiger partial charge is 0.478 e. The van der Waals surface area contributed by atoms with E-state index in [-0.39, 0.29) is 32.7 Å². The van der Waals surface area contributed by atoms with E-state index in [2.05, 4.69) is 34.6 Å². The smallest absolute Gasteiger partial charge is 0.339 e. The number of fused-ring (bicyclic) bond motifs is 5. The van der Waals surface area contributed by atoms with Crippen LogP contribution in [0.2, 0.25) is 10.0 Å². The lowest BCUT2D eigenvalue weighted by molar-refractivity contribution is -0.132. The minimum atomic E-state index is -1.35. The highest BCUT2D eigenvalue weighted by Crippen LogP contribution is 2.69. The molecule has 0 aliphatic heterocycles. The van der Waals surface area contributed by atoms with Gasteiger partial charge in [0.25, 0.3) is 0 Å². The summed E-state index contributed by atoms with van der Waals surface area (Å²) >= 11 is 13.1. The maximum absolute atomic E-state index is 12.4. The Morgan fingerprint density at radius 1 is 0.763 bits per heavy atom. The van der Waals surface area contributed by atoms with Crippen LogP contribution in [-0.2, 0) is 9.59 Å². The predicted molar refractivity (Wildman–Crippen MR) is 232 cm³/mol. The molecule has 0 spiro atoms. The maximum Gasteiger partial charge on any atom is 0.339 e. The van der Waals surface area contributed by atoms with E-state index in [0.717, 1.165) is 62.2 Å². The van der Waals surface area contributed by atoms with Crippen LogP contribution < -0.4 is 9.47 Å². The van der Waals surface area contributed by atoms with Crippen LogP contribution >= 0.6 is 23.2 Å². The molecule has 0 unspecified atom stereocenters. The summed E-state index contributed by atoms with van der Waals surface area (Å²) in [7, 11) is 0. The first-order valence-electron chi connectivity index (χ1n) is 22.0. The first-order chi connectivity index (χ1) is 27.8. The summed E-state index contributed by atoms with van der Waals surface area (Å²) < 4.78 is 10.4. The Bertz CT molecular complexity index is 1880. The molecule has 59 heavy (non-hydrogen) atoms. The zero-order valence-corrected chi connectivity index (χ0v) is 37.5. The SMILES string of the molecule is CC(=O)Oc1c(Cl)cc(C(=CCC[C@H]2CC[C@@]3(C)[C@@H](CC[C@@H]4[C@@H]3CC[C@]3(C)[C@@H]([C@H](C)CCCC(C)C)CC[C@@H]43)C2)c2cc(Cl)c(OC(C)=O)c(C(=O)O)c2)cc1C(=O)O. The molecule has 2 aromatic rings. The van der Waals surface area contributed by atoms with E-state index in [1.165, 1.54) is 94.9 Å². The number of aromatic carboxylic acids is 2. The van der Waals surface area contributed by atoms with Crippen LogP contribution in [0.4, 0.5) is 0 Å². The molecular formula is C49H64Cl2O8. The number of halogens is 2. The van der Waals surface area contributed by atoms with Crippen molar-refractivity contribution in [3.63, 3.8) is 0 Å². The van der Waals surface area contributed by atoms with Gasteiger partial charge >= 0.3 is 23.9 Å². The van der Waals surface area contributed by atoms with E-state index >= 15 is 0 Å². The number of rotatable bonds is 14. The number of carbonyl (C=O) groups excluding carboxylic acids is 2. The van der Waals surface area contributed by atoms with Crippen molar-refractivity contribution < 1.29 is 38.9 Å². The zero-order chi connectivity index (χ0) is 43.0. The molecule has 6 rings (SSSR count). The van der Waals surface area contributed by atoms with Crippen LogP contribution in [0, 0.1) is 58.2 Å². The van der Waals surface area contributed by atoms with Crippen molar-refractivity contribution in [3.8, 4) is 11.5 Å². The molecule has 0 saturated heterocycles. The third kappa shape index (κ3) is 9.44. The second-order valence-electron chi connectivity index (χ2n) is 19.5. The first-order valence-corrected chi connectivity index (χ1v) is 22.8. The number of carbonyl (C=O) groups is 4.